The Labute approximate surface area is 116 Å². The summed E-state index contributed by atoms with van der Waals surface area (Å²) in [4.78, 5) is 13.6. The number of alkyl halides is 1. The minimum Gasteiger partial charge on any atom is -0.462 e. The Bertz CT molecular complexity index is 554. The quantitative estimate of drug-likeness (QED) is 0.813. The molecule has 0 aliphatic carbocycles. The van der Waals surface area contributed by atoms with Gasteiger partial charge in [0.1, 0.15) is 0 Å². The largest absolute Gasteiger partial charge is 0.462 e. The molecule has 3 heterocycles. The van der Waals surface area contributed by atoms with Crippen molar-refractivity contribution in [2.75, 3.05) is 16.8 Å². The van der Waals surface area contributed by atoms with E-state index in [4.69, 9.17) is 4.42 Å². The molecular weight excluding hydrogens is 318 g/mol. The molecule has 0 saturated carbocycles. The van der Waals surface area contributed by atoms with E-state index in [0.717, 1.165) is 5.33 Å². The minimum absolute atomic E-state index is 0.113. The number of nitrogens with zero attached hydrogens (tertiary/aromatic N) is 3. The number of hydrogen-bond donors (Lipinski definition) is 0. The molecule has 1 saturated heterocycles. The van der Waals surface area contributed by atoms with E-state index >= 15 is 0 Å². The molecule has 18 heavy (non-hydrogen) atoms. The van der Waals surface area contributed by atoms with Crippen LogP contribution in [0, 0.1) is 5.92 Å². The average molecular weight is 328 g/mol. The lowest BCUT2D eigenvalue weighted by Gasteiger charge is -2.10. The van der Waals surface area contributed by atoms with Gasteiger partial charge in [-0.3, -0.25) is 9.69 Å². The highest BCUT2D eigenvalue weighted by molar-refractivity contribution is 9.09. The van der Waals surface area contributed by atoms with Crippen LogP contribution in [-0.2, 0) is 4.79 Å². The maximum Gasteiger partial charge on any atom is 0.229 e. The van der Waals surface area contributed by atoms with Crippen LogP contribution in [-0.4, -0.2) is 28.0 Å². The molecule has 1 aliphatic heterocycles. The number of halogens is 1. The van der Waals surface area contributed by atoms with Crippen molar-refractivity contribution in [3.05, 3.63) is 18.4 Å². The van der Waals surface area contributed by atoms with E-state index < -0.39 is 0 Å². The predicted molar refractivity (Wildman–Crippen MR) is 71.9 cm³/mol. The normalized spacial score (nSPS) is 19.7. The number of carbonyl (C=O) groups excluding carboxylic acids is 1. The molecule has 2 aromatic heterocycles. The number of furan rings is 1. The van der Waals surface area contributed by atoms with Gasteiger partial charge in [-0.25, -0.2) is 0 Å². The lowest BCUT2D eigenvalue weighted by Crippen LogP contribution is -2.24. The first kappa shape index (κ1) is 11.9. The number of hydrogen-bond acceptors (Lipinski definition) is 5. The van der Waals surface area contributed by atoms with Gasteiger partial charge in [-0.1, -0.05) is 27.3 Å². The standard InChI is InChI=1S/C11H10BrN3O2S/c12-5-7-4-9(16)15(6-7)11-14-13-10(18-11)8-2-1-3-17-8/h1-3,7H,4-6H2. The first-order valence-corrected chi connectivity index (χ1v) is 7.45. The van der Waals surface area contributed by atoms with E-state index in [0.29, 0.717) is 34.8 Å². The Morgan fingerprint density at radius 3 is 3.11 bits per heavy atom. The third-order valence-corrected chi connectivity index (χ3v) is 4.68. The zero-order valence-electron chi connectivity index (χ0n) is 9.38. The lowest BCUT2D eigenvalue weighted by atomic mass is 10.2. The monoisotopic (exact) mass is 327 g/mol. The smallest absolute Gasteiger partial charge is 0.229 e. The highest BCUT2D eigenvalue weighted by Gasteiger charge is 2.32. The summed E-state index contributed by atoms with van der Waals surface area (Å²) >= 11 is 4.79. The van der Waals surface area contributed by atoms with E-state index in [1.54, 1.807) is 17.2 Å². The van der Waals surface area contributed by atoms with Crippen LogP contribution in [0.15, 0.2) is 22.8 Å². The second kappa shape index (κ2) is 4.81. The molecule has 0 aromatic carbocycles. The minimum atomic E-state index is 0.113. The molecule has 94 valence electrons. The van der Waals surface area contributed by atoms with Crippen molar-refractivity contribution in [1.82, 2.24) is 10.2 Å². The van der Waals surface area contributed by atoms with Gasteiger partial charge in [-0.2, -0.15) is 0 Å². The van der Waals surface area contributed by atoms with E-state index in [1.807, 2.05) is 6.07 Å². The lowest BCUT2D eigenvalue weighted by molar-refractivity contribution is -0.117. The fraction of sp³-hybridized carbons (Fsp3) is 0.364. The van der Waals surface area contributed by atoms with E-state index in [-0.39, 0.29) is 5.91 Å². The van der Waals surface area contributed by atoms with Gasteiger partial charge in [0, 0.05) is 18.3 Å². The van der Waals surface area contributed by atoms with Gasteiger partial charge < -0.3 is 4.42 Å². The number of aromatic nitrogens is 2. The van der Waals surface area contributed by atoms with Crippen molar-refractivity contribution < 1.29 is 9.21 Å². The summed E-state index contributed by atoms with van der Waals surface area (Å²) in [6.07, 6.45) is 2.17. The Balaban J connectivity index is 1.84. The number of anilines is 1. The van der Waals surface area contributed by atoms with Crippen molar-refractivity contribution >= 4 is 38.3 Å². The molecule has 3 rings (SSSR count). The summed E-state index contributed by atoms with van der Waals surface area (Å²) in [6.45, 7) is 0.705. The third kappa shape index (κ3) is 2.08. The molecule has 7 heteroatoms. The van der Waals surface area contributed by atoms with E-state index in [2.05, 4.69) is 26.1 Å². The van der Waals surface area contributed by atoms with Crippen LogP contribution in [0.1, 0.15) is 6.42 Å². The summed E-state index contributed by atoms with van der Waals surface area (Å²) in [5.41, 5.74) is 0. The average Bonchev–Trinajstić information content (AvgIpc) is 3.08. The highest BCUT2D eigenvalue weighted by Crippen LogP contribution is 2.32. The topological polar surface area (TPSA) is 59.2 Å². The van der Waals surface area contributed by atoms with Crippen molar-refractivity contribution in [3.8, 4) is 10.8 Å². The van der Waals surface area contributed by atoms with Gasteiger partial charge in [0.15, 0.2) is 10.8 Å². The fourth-order valence-corrected chi connectivity index (χ4v) is 3.17. The molecule has 0 spiro atoms. The van der Waals surface area contributed by atoms with Gasteiger partial charge >= 0.3 is 0 Å². The van der Waals surface area contributed by atoms with Crippen LogP contribution >= 0.6 is 27.3 Å². The van der Waals surface area contributed by atoms with Gasteiger partial charge in [0.05, 0.1) is 6.26 Å². The van der Waals surface area contributed by atoms with Crippen LogP contribution in [0.4, 0.5) is 5.13 Å². The van der Waals surface area contributed by atoms with Crippen LogP contribution in [0.2, 0.25) is 0 Å². The molecular formula is C11H10BrN3O2S. The van der Waals surface area contributed by atoms with Crippen molar-refractivity contribution in [2.45, 2.75) is 6.42 Å². The molecule has 0 N–H and O–H groups in total. The SMILES string of the molecule is O=C1CC(CBr)CN1c1nnc(-c2ccco2)s1. The van der Waals surface area contributed by atoms with E-state index in [9.17, 15) is 4.79 Å². The Morgan fingerprint density at radius 1 is 1.56 bits per heavy atom. The molecule has 1 unspecified atom stereocenters. The highest BCUT2D eigenvalue weighted by atomic mass is 79.9. The number of amides is 1. The molecule has 1 fully saturated rings. The van der Waals surface area contributed by atoms with Gasteiger partial charge in [-0.05, 0) is 18.1 Å². The molecule has 0 radical (unpaired) electrons. The Kier molecular flexibility index (Phi) is 3.17. The summed E-state index contributed by atoms with van der Waals surface area (Å²) in [5, 5.41) is 10.3. The van der Waals surface area contributed by atoms with Crippen molar-refractivity contribution in [1.29, 1.82) is 0 Å². The summed E-state index contributed by atoms with van der Waals surface area (Å²) in [7, 11) is 0. The molecule has 1 atom stereocenters. The van der Waals surface area contributed by atoms with Crippen LogP contribution < -0.4 is 4.90 Å². The van der Waals surface area contributed by atoms with E-state index in [1.165, 1.54) is 11.3 Å². The van der Waals surface area contributed by atoms with Crippen molar-refractivity contribution in [2.24, 2.45) is 5.92 Å². The van der Waals surface area contributed by atoms with Crippen LogP contribution in [0.5, 0.6) is 0 Å². The Hall–Kier alpha value is -1.21. The summed E-state index contributed by atoms with van der Waals surface area (Å²) in [5.74, 6) is 1.15. The van der Waals surface area contributed by atoms with Crippen LogP contribution in [0.25, 0.3) is 10.8 Å². The molecule has 1 amide bonds. The third-order valence-electron chi connectivity index (χ3n) is 2.80. The summed E-state index contributed by atoms with van der Waals surface area (Å²) in [6, 6.07) is 3.63. The first-order chi connectivity index (χ1) is 8.78. The molecule has 1 aliphatic rings. The van der Waals surface area contributed by atoms with Crippen LogP contribution in [0.3, 0.4) is 0 Å². The van der Waals surface area contributed by atoms with Gasteiger partial charge in [0.25, 0.3) is 0 Å². The maximum absolute atomic E-state index is 11.9. The Morgan fingerprint density at radius 2 is 2.44 bits per heavy atom. The molecule has 5 nitrogen and oxygen atoms in total. The zero-order valence-corrected chi connectivity index (χ0v) is 11.8. The van der Waals surface area contributed by atoms with Crippen molar-refractivity contribution in [3.63, 3.8) is 0 Å². The van der Waals surface area contributed by atoms with Gasteiger partial charge in [-0.15, -0.1) is 10.2 Å². The number of carbonyl (C=O) groups is 1. The predicted octanol–water partition coefficient (Wildman–Crippen LogP) is 2.55. The first-order valence-electron chi connectivity index (χ1n) is 5.51. The van der Waals surface area contributed by atoms with Gasteiger partial charge in [0.2, 0.25) is 11.0 Å². The molecule has 0 bridgehead atoms. The summed E-state index contributed by atoms with van der Waals surface area (Å²) < 4.78 is 5.26. The second-order valence-corrected chi connectivity index (χ2v) is 5.70. The molecule has 2 aromatic rings. The zero-order chi connectivity index (χ0) is 12.5. The number of rotatable bonds is 3. The second-order valence-electron chi connectivity index (χ2n) is 4.10. The maximum atomic E-state index is 11.9. The fourth-order valence-electron chi connectivity index (χ4n) is 1.89.